The molecule has 2 amide bonds. The lowest BCUT2D eigenvalue weighted by Crippen LogP contribution is -2.58. The van der Waals surface area contributed by atoms with Gasteiger partial charge in [-0.15, -0.1) is 0 Å². The third kappa shape index (κ3) is 6.26. The van der Waals surface area contributed by atoms with E-state index in [1.165, 1.54) is 5.56 Å². The molecule has 2 aliphatic heterocycles. The van der Waals surface area contributed by atoms with Gasteiger partial charge in [0.2, 0.25) is 11.8 Å². The van der Waals surface area contributed by atoms with E-state index in [-0.39, 0.29) is 11.9 Å². The van der Waals surface area contributed by atoms with Crippen LogP contribution in [0.2, 0.25) is 5.02 Å². The molecule has 178 valence electrons. The fraction of sp³-hybridized carbons (Fsp3) is 0.692. The van der Waals surface area contributed by atoms with Crippen molar-refractivity contribution in [2.75, 3.05) is 32.7 Å². The molecule has 0 aromatic heterocycles. The highest BCUT2D eigenvalue weighted by Gasteiger charge is 2.36. The van der Waals surface area contributed by atoms with E-state index in [4.69, 9.17) is 11.6 Å². The summed E-state index contributed by atoms with van der Waals surface area (Å²) in [5.41, 5.74) is 1.32. The molecule has 0 saturated carbocycles. The van der Waals surface area contributed by atoms with Crippen LogP contribution in [0.3, 0.4) is 0 Å². The number of hydrogen-bond donors (Lipinski definition) is 0. The van der Waals surface area contributed by atoms with Crippen molar-refractivity contribution in [2.45, 2.75) is 71.9 Å². The highest BCUT2D eigenvalue weighted by atomic mass is 35.5. The van der Waals surface area contributed by atoms with Gasteiger partial charge < -0.3 is 9.80 Å². The molecule has 5 nitrogen and oxygen atoms in total. The van der Waals surface area contributed by atoms with Gasteiger partial charge in [0.25, 0.3) is 0 Å². The predicted octanol–water partition coefficient (Wildman–Crippen LogP) is 5.00. The lowest BCUT2D eigenvalue weighted by atomic mass is 9.91. The zero-order valence-electron chi connectivity index (χ0n) is 20.2. The van der Waals surface area contributed by atoms with E-state index in [2.05, 4.69) is 42.7 Å². The standard InChI is InChI=1S/C26H40ClN3O2/c1-5-6-24(22-7-9-23(27)10-8-22)29-15-16-30(25(18-29)19(2)3)26(32)17-21-11-13-28(14-12-21)20(4)31/h7-10,19,21,24-25H,5-6,11-18H2,1-4H3/t24?,25-/m1/s1. The second-order valence-corrected chi connectivity index (χ2v) is 10.3. The minimum atomic E-state index is 0.146. The van der Waals surface area contributed by atoms with Crippen LogP contribution in [-0.4, -0.2) is 65.3 Å². The smallest absolute Gasteiger partial charge is 0.223 e. The summed E-state index contributed by atoms with van der Waals surface area (Å²) in [6.45, 7) is 12.5. The van der Waals surface area contributed by atoms with Gasteiger partial charge in [0.15, 0.2) is 0 Å². The molecule has 2 saturated heterocycles. The minimum Gasteiger partial charge on any atom is -0.343 e. The zero-order chi connectivity index (χ0) is 23.3. The first-order valence-electron chi connectivity index (χ1n) is 12.3. The number of likely N-dealkylation sites (tertiary alicyclic amines) is 1. The number of benzene rings is 1. The van der Waals surface area contributed by atoms with Crippen LogP contribution in [0.15, 0.2) is 24.3 Å². The average molecular weight is 462 g/mol. The Morgan fingerprint density at radius 3 is 2.28 bits per heavy atom. The number of rotatable bonds is 7. The van der Waals surface area contributed by atoms with E-state index in [0.717, 1.165) is 63.4 Å². The molecule has 2 atom stereocenters. The molecular formula is C26H40ClN3O2. The second kappa shape index (κ2) is 11.5. The number of piperazine rings is 1. The number of piperidine rings is 1. The van der Waals surface area contributed by atoms with Gasteiger partial charge in [0.05, 0.1) is 0 Å². The Morgan fingerprint density at radius 2 is 1.72 bits per heavy atom. The SMILES string of the molecule is CCCC(c1ccc(Cl)cc1)N1CCN(C(=O)CC2CCN(C(C)=O)CC2)[C@@H](C(C)C)C1. The number of carbonyl (C=O) groups excluding carboxylic acids is 2. The van der Waals surface area contributed by atoms with E-state index in [1.807, 2.05) is 17.0 Å². The lowest BCUT2D eigenvalue weighted by molar-refractivity contribution is -0.139. The van der Waals surface area contributed by atoms with Crippen LogP contribution in [0.4, 0.5) is 0 Å². The molecule has 3 rings (SSSR count). The van der Waals surface area contributed by atoms with Gasteiger partial charge in [-0.1, -0.05) is 50.9 Å². The van der Waals surface area contributed by atoms with Gasteiger partial charge in [-0.05, 0) is 48.8 Å². The molecule has 0 bridgehead atoms. The van der Waals surface area contributed by atoms with E-state index >= 15 is 0 Å². The average Bonchev–Trinajstić information content (AvgIpc) is 2.78. The molecule has 2 fully saturated rings. The molecule has 1 aromatic rings. The molecule has 2 aliphatic rings. The Bertz CT molecular complexity index is 759. The molecule has 6 heteroatoms. The Morgan fingerprint density at radius 1 is 1.06 bits per heavy atom. The summed E-state index contributed by atoms with van der Waals surface area (Å²) >= 11 is 6.12. The van der Waals surface area contributed by atoms with Crippen molar-refractivity contribution in [3.8, 4) is 0 Å². The Labute approximate surface area is 199 Å². The molecule has 1 aromatic carbocycles. The number of hydrogen-bond acceptors (Lipinski definition) is 3. The lowest BCUT2D eigenvalue weighted by Gasteiger charge is -2.46. The second-order valence-electron chi connectivity index (χ2n) is 9.90. The summed E-state index contributed by atoms with van der Waals surface area (Å²) in [5, 5.41) is 0.772. The zero-order valence-corrected chi connectivity index (χ0v) is 21.0. The fourth-order valence-electron chi connectivity index (χ4n) is 5.33. The van der Waals surface area contributed by atoms with Crippen molar-refractivity contribution in [1.29, 1.82) is 0 Å². The van der Waals surface area contributed by atoms with Gasteiger partial charge >= 0.3 is 0 Å². The minimum absolute atomic E-state index is 0.146. The third-order valence-corrected chi connectivity index (χ3v) is 7.57. The summed E-state index contributed by atoms with van der Waals surface area (Å²) in [4.78, 5) is 31.5. The Kier molecular flexibility index (Phi) is 9.01. The third-order valence-electron chi connectivity index (χ3n) is 7.32. The fourth-order valence-corrected chi connectivity index (χ4v) is 5.46. The molecule has 0 spiro atoms. The first-order chi connectivity index (χ1) is 15.3. The van der Waals surface area contributed by atoms with E-state index in [1.54, 1.807) is 6.92 Å². The number of nitrogens with zero attached hydrogens (tertiary/aromatic N) is 3. The first-order valence-corrected chi connectivity index (χ1v) is 12.7. The van der Waals surface area contributed by atoms with Crippen LogP contribution in [0.25, 0.3) is 0 Å². The van der Waals surface area contributed by atoms with Crippen LogP contribution < -0.4 is 0 Å². The maximum Gasteiger partial charge on any atom is 0.223 e. The van der Waals surface area contributed by atoms with Crippen molar-refractivity contribution in [3.63, 3.8) is 0 Å². The molecule has 2 heterocycles. The Hall–Kier alpha value is -1.59. The van der Waals surface area contributed by atoms with Gasteiger partial charge in [-0.2, -0.15) is 0 Å². The quantitative estimate of drug-likeness (QED) is 0.574. The number of carbonyl (C=O) groups is 2. The highest BCUT2D eigenvalue weighted by molar-refractivity contribution is 6.30. The molecule has 0 N–H and O–H groups in total. The summed E-state index contributed by atoms with van der Waals surface area (Å²) in [5.74, 6) is 1.25. The van der Waals surface area contributed by atoms with Crippen molar-refractivity contribution in [3.05, 3.63) is 34.9 Å². The van der Waals surface area contributed by atoms with E-state index in [9.17, 15) is 9.59 Å². The van der Waals surface area contributed by atoms with E-state index < -0.39 is 0 Å². The maximum atomic E-state index is 13.3. The van der Waals surface area contributed by atoms with Crippen molar-refractivity contribution in [2.24, 2.45) is 11.8 Å². The van der Waals surface area contributed by atoms with Crippen LogP contribution >= 0.6 is 11.6 Å². The van der Waals surface area contributed by atoms with Crippen LogP contribution in [0.1, 0.15) is 71.4 Å². The monoisotopic (exact) mass is 461 g/mol. The van der Waals surface area contributed by atoms with Gasteiger partial charge in [-0.3, -0.25) is 14.5 Å². The van der Waals surface area contributed by atoms with Crippen LogP contribution in [-0.2, 0) is 9.59 Å². The molecular weight excluding hydrogens is 422 g/mol. The van der Waals surface area contributed by atoms with E-state index in [0.29, 0.717) is 30.2 Å². The number of amides is 2. The molecule has 0 aliphatic carbocycles. The molecule has 0 radical (unpaired) electrons. The maximum absolute atomic E-state index is 13.3. The van der Waals surface area contributed by atoms with Gasteiger partial charge in [0.1, 0.15) is 0 Å². The van der Waals surface area contributed by atoms with Crippen molar-refractivity contribution in [1.82, 2.24) is 14.7 Å². The topological polar surface area (TPSA) is 43.9 Å². The predicted molar refractivity (Wildman–Crippen MR) is 131 cm³/mol. The summed E-state index contributed by atoms with van der Waals surface area (Å²) in [6, 6.07) is 8.87. The van der Waals surface area contributed by atoms with Crippen molar-refractivity contribution < 1.29 is 9.59 Å². The largest absolute Gasteiger partial charge is 0.343 e. The van der Waals surface area contributed by atoms with Gasteiger partial charge in [0, 0.05) is 63.2 Å². The van der Waals surface area contributed by atoms with Crippen LogP contribution in [0, 0.1) is 11.8 Å². The highest BCUT2D eigenvalue weighted by Crippen LogP contribution is 2.31. The van der Waals surface area contributed by atoms with Gasteiger partial charge in [-0.25, -0.2) is 0 Å². The first kappa shape index (κ1) is 25.0. The normalized spacial score (nSPS) is 21.8. The molecule has 1 unspecified atom stereocenters. The Balaban J connectivity index is 1.64. The number of halogens is 1. The van der Waals surface area contributed by atoms with Crippen molar-refractivity contribution >= 4 is 23.4 Å². The summed E-state index contributed by atoms with van der Waals surface area (Å²) in [7, 11) is 0. The van der Waals surface area contributed by atoms with Crippen LogP contribution in [0.5, 0.6) is 0 Å². The summed E-state index contributed by atoms with van der Waals surface area (Å²) in [6.07, 6.45) is 4.72. The summed E-state index contributed by atoms with van der Waals surface area (Å²) < 4.78 is 0. The molecule has 32 heavy (non-hydrogen) atoms.